The Morgan fingerprint density at radius 1 is 1.38 bits per heavy atom. The van der Waals surface area contributed by atoms with Gasteiger partial charge in [0, 0.05) is 49.4 Å². The molecule has 2 aliphatic heterocycles. The standard InChI is InChI=1S/C17H18FN3O3/c18-12-2-1-11-8-19-16(20-14(11)7-12)21-9-13(15(22)23)17(10-21)3-5-24-6-4-17/h1-2,7-8,13H,3-6,9-10H2,(H,22,23). The molecule has 6 nitrogen and oxygen atoms in total. The van der Waals surface area contributed by atoms with Gasteiger partial charge in [-0.3, -0.25) is 4.79 Å². The molecule has 126 valence electrons. The second-order valence-electron chi connectivity index (χ2n) is 6.62. The highest BCUT2D eigenvalue weighted by Crippen LogP contribution is 2.45. The maximum atomic E-state index is 13.4. The number of carboxylic acids is 1. The first-order valence-electron chi connectivity index (χ1n) is 8.05. The molecule has 0 amide bonds. The number of halogens is 1. The molecule has 0 aliphatic carbocycles. The van der Waals surface area contributed by atoms with E-state index in [1.807, 2.05) is 4.90 Å². The number of hydrogen-bond donors (Lipinski definition) is 1. The summed E-state index contributed by atoms with van der Waals surface area (Å²) in [4.78, 5) is 22.5. The largest absolute Gasteiger partial charge is 0.481 e. The normalized spacial score (nSPS) is 23.0. The smallest absolute Gasteiger partial charge is 0.308 e. The summed E-state index contributed by atoms with van der Waals surface area (Å²) in [6.07, 6.45) is 3.10. The third kappa shape index (κ3) is 2.49. The van der Waals surface area contributed by atoms with E-state index in [0.29, 0.717) is 37.8 Å². The SMILES string of the molecule is O=C(O)C1CN(c2ncc3ccc(F)cc3n2)CC12CCOCC2. The number of ether oxygens (including phenoxy) is 1. The Bertz CT molecular complexity index is 792. The van der Waals surface area contributed by atoms with Gasteiger partial charge in [-0.25, -0.2) is 14.4 Å². The molecule has 1 N–H and O–H groups in total. The summed E-state index contributed by atoms with van der Waals surface area (Å²) in [7, 11) is 0. The summed E-state index contributed by atoms with van der Waals surface area (Å²) in [6, 6.07) is 4.38. The zero-order chi connectivity index (χ0) is 16.7. The predicted octanol–water partition coefficient (Wildman–Crippen LogP) is 2.09. The van der Waals surface area contributed by atoms with E-state index in [1.54, 1.807) is 12.3 Å². The highest BCUT2D eigenvalue weighted by atomic mass is 19.1. The number of hydrogen-bond acceptors (Lipinski definition) is 5. The van der Waals surface area contributed by atoms with Gasteiger partial charge in [0.15, 0.2) is 0 Å². The van der Waals surface area contributed by atoms with E-state index >= 15 is 0 Å². The number of carbonyl (C=O) groups is 1. The molecule has 2 aromatic rings. The van der Waals surface area contributed by atoms with Crippen molar-refractivity contribution in [1.82, 2.24) is 9.97 Å². The highest BCUT2D eigenvalue weighted by molar-refractivity contribution is 5.79. The van der Waals surface area contributed by atoms with Crippen molar-refractivity contribution in [2.45, 2.75) is 12.8 Å². The first-order chi connectivity index (χ1) is 11.6. The maximum absolute atomic E-state index is 13.4. The lowest BCUT2D eigenvalue weighted by Gasteiger charge is -2.36. The van der Waals surface area contributed by atoms with Crippen LogP contribution in [0.5, 0.6) is 0 Å². The van der Waals surface area contributed by atoms with Crippen molar-refractivity contribution in [3.63, 3.8) is 0 Å². The zero-order valence-corrected chi connectivity index (χ0v) is 13.1. The van der Waals surface area contributed by atoms with E-state index in [9.17, 15) is 14.3 Å². The number of carboxylic acid groups (broad SMARTS) is 1. The van der Waals surface area contributed by atoms with Gasteiger partial charge in [0.05, 0.1) is 11.4 Å². The molecule has 4 rings (SSSR count). The van der Waals surface area contributed by atoms with E-state index < -0.39 is 11.9 Å². The lowest BCUT2D eigenvalue weighted by atomic mass is 9.72. The molecule has 0 bridgehead atoms. The average molecular weight is 331 g/mol. The molecular weight excluding hydrogens is 313 g/mol. The third-order valence-electron chi connectivity index (χ3n) is 5.25. The van der Waals surface area contributed by atoms with E-state index in [-0.39, 0.29) is 11.2 Å². The molecule has 0 radical (unpaired) electrons. The van der Waals surface area contributed by atoms with Crippen LogP contribution in [0.25, 0.3) is 10.9 Å². The Kier molecular flexibility index (Phi) is 3.60. The van der Waals surface area contributed by atoms with E-state index in [2.05, 4.69) is 9.97 Å². The van der Waals surface area contributed by atoms with Crippen LogP contribution in [0.15, 0.2) is 24.4 Å². The van der Waals surface area contributed by atoms with Crippen molar-refractivity contribution >= 4 is 22.8 Å². The van der Waals surface area contributed by atoms with Crippen molar-refractivity contribution in [3.8, 4) is 0 Å². The number of aliphatic carboxylic acids is 1. The zero-order valence-electron chi connectivity index (χ0n) is 13.1. The summed E-state index contributed by atoms with van der Waals surface area (Å²) in [5, 5.41) is 10.4. The van der Waals surface area contributed by atoms with E-state index in [1.165, 1.54) is 12.1 Å². The monoisotopic (exact) mass is 331 g/mol. The molecule has 24 heavy (non-hydrogen) atoms. The number of nitrogens with zero attached hydrogens (tertiary/aromatic N) is 3. The number of anilines is 1. The molecular formula is C17H18FN3O3. The third-order valence-corrected chi connectivity index (χ3v) is 5.25. The van der Waals surface area contributed by atoms with E-state index in [0.717, 1.165) is 18.2 Å². The van der Waals surface area contributed by atoms with Crippen LogP contribution in [0.3, 0.4) is 0 Å². The van der Waals surface area contributed by atoms with Gasteiger partial charge in [-0.2, -0.15) is 0 Å². The van der Waals surface area contributed by atoms with Crippen molar-refractivity contribution in [2.75, 3.05) is 31.2 Å². The first-order valence-corrected chi connectivity index (χ1v) is 8.05. The quantitative estimate of drug-likeness (QED) is 0.908. The molecule has 2 saturated heterocycles. The fourth-order valence-electron chi connectivity index (χ4n) is 3.88. The minimum atomic E-state index is -0.786. The van der Waals surface area contributed by atoms with Gasteiger partial charge >= 0.3 is 5.97 Å². The fourth-order valence-corrected chi connectivity index (χ4v) is 3.88. The molecule has 7 heteroatoms. The van der Waals surface area contributed by atoms with Gasteiger partial charge in [0.2, 0.25) is 5.95 Å². The molecule has 3 heterocycles. The number of fused-ring (bicyclic) bond motifs is 1. The predicted molar refractivity (Wildman–Crippen MR) is 85.3 cm³/mol. The van der Waals surface area contributed by atoms with E-state index in [4.69, 9.17) is 4.74 Å². The summed E-state index contributed by atoms with van der Waals surface area (Å²) in [5.41, 5.74) is 0.226. The molecule has 1 aromatic heterocycles. The van der Waals surface area contributed by atoms with Crippen LogP contribution < -0.4 is 4.90 Å². The van der Waals surface area contributed by atoms with Crippen LogP contribution in [0, 0.1) is 17.2 Å². The van der Waals surface area contributed by atoms with Crippen LogP contribution in [0.2, 0.25) is 0 Å². The van der Waals surface area contributed by atoms with Crippen LogP contribution >= 0.6 is 0 Å². The Morgan fingerprint density at radius 2 is 2.17 bits per heavy atom. The van der Waals surface area contributed by atoms with Gasteiger partial charge in [0.1, 0.15) is 5.82 Å². The summed E-state index contributed by atoms with van der Waals surface area (Å²) >= 11 is 0. The van der Waals surface area contributed by atoms with Crippen LogP contribution in [0.1, 0.15) is 12.8 Å². The Labute approximate surface area is 138 Å². The number of benzene rings is 1. The summed E-state index contributed by atoms with van der Waals surface area (Å²) in [6.45, 7) is 2.13. The number of aromatic nitrogens is 2. The van der Waals surface area contributed by atoms with Crippen molar-refractivity contribution in [1.29, 1.82) is 0 Å². The minimum absolute atomic E-state index is 0.301. The summed E-state index contributed by atoms with van der Waals surface area (Å²) < 4.78 is 18.8. The molecule has 1 atom stereocenters. The van der Waals surface area contributed by atoms with Crippen LogP contribution in [-0.4, -0.2) is 47.3 Å². The Hall–Kier alpha value is -2.28. The van der Waals surface area contributed by atoms with Crippen molar-refractivity contribution < 1.29 is 19.0 Å². The lowest BCUT2D eigenvalue weighted by molar-refractivity contribution is -0.146. The summed E-state index contributed by atoms with van der Waals surface area (Å²) in [5.74, 6) is -1.14. The second-order valence-corrected chi connectivity index (χ2v) is 6.62. The molecule has 2 fully saturated rings. The highest BCUT2D eigenvalue weighted by Gasteiger charge is 2.51. The fraction of sp³-hybridized carbons (Fsp3) is 0.471. The molecule has 1 spiro atoms. The van der Waals surface area contributed by atoms with Crippen molar-refractivity contribution in [2.24, 2.45) is 11.3 Å². The van der Waals surface area contributed by atoms with Gasteiger partial charge in [-0.05, 0) is 25.0 Å². The van der Waals surface area contributed by atoms with Gasteiger partial charge in [0.25, 0.3) is 0 Å². The van der Waals surface area contributed by atoms with Crippen molar-refractivity contribution in [3.05, 3.63) is 30.2 Å². The molecule has 1 aromatic carbocycles. The maximum Gasteiger partial charge on any atom is 0.308 e. The molecule has 0 saturated carbocycles. The number of rotatable bonds is 2. The Morgan fingerprint density at radius 3 is 2.92 bits per heavy atom. The minimum Gasteiger partial charge on any atom is -0.481 e. The van der Waals surface area contributed by atoms with Gasteiger partial charge in [-0.1, -0.05) is 0 Å². The van der Waals surface area contributed by atoms with Crippen LogP contribution in [-0.2, 0) is 9.53 Å². The molecule has 2 aliphatic rings. The molecule has 1 unspecified atom stereocenters. The van der Waals surface area contributed by atoms with Crippen LogP contribution in [0.4, 0.5) is 10.3 Å². The van der Waals surface area contributed by atoms with Gasteiger partial charge < -0.3 is 14.7 Å². The topological polar surface area (TPSA) is 75.5 Å². The first kappa shape index (κ1) is 15.3. The second kappa shape index (κ2) is 5.66. The Balaban J connectivity index is 1.68. The lowest BCUT2D eigenvalue weighted by Crippen LogP contribution is -2.40. The van der Waals surface area contributed by atoms with Gasteiger partial charge in [-0.15, -0.1) is 0 Å². The average Bonchev–Trinajstić information content (AvgIpc) is 2.94.